The second-order valence-corrected chi connectivity index (χ2v) is 5.56. The zero-order chi connectivity index (χ0) is 15.2. The van der Waals surface area contributed by atoms with E-state index < -0.39 is 12.0 Å². The molecule has 1 saturated heterocycles. The lowest BCUT2D eigenvalue weighted by molar-refractivity contribution is -0.140. The summed E-state index contributed by atoms with van der Waals surface area (Å²) < 4.78 is 0. The summed E-state index contributed by atoms with van der Waals surface area (Å²) in [5, 5.41) is 8.89. The maximum atomic E-state index is 12.4. The summed E-state index contributed by atoms with van der Waals surface area (Å²) in [5.41, 5.74) is 7.16. The first-order valence-corrected chi connectivity index (χ1v) is 7.39. The van der Waals surface area contributed by atoms with Gasteiger partial charge in [-0.25, -0.2) is 0 Å². The third-order valence-electron chi connectivity index (χ3n) is 3.97. The maximum Gasteiger partial charge on any atom is 0.305 e. The highest BCUT2D eigenvalue weighted by molar-refractivity contribution is 5.82. The number of carboxylic acid groups (broad SMARTS) is 1. The zero-order valence-electron chi connectivity index (χ0n) is 12.1. The van der Waals surface area contributed by atoms with E-state index in [9.17, 15) is 9.59 Å². The highest BCUT2D eigenvalue weighted by Crippen LogP contribution is 2.21. The summed E-state index contributed by atoms with van der Waals surface area (Å²) in [5.74, 6) is -0.979. The molecule has 2 rings (SSSR count). The van der Waals surface area contributed by atoms with Crippen LogP contribution in [0.1, 0.15) is 31.2 Å². The molecule has 2 atom stereocenters. The molecule has 3 N–H and O–H groups in total. The molecule has 1 aromatic rings. The molecule has 1 fully saturated rings. The number of rotatable bonds is 6. The fourth-order valence-electron chi connectivity index (χ4n) is 2.84. The summed E-state index contributed by atoms with van der Waals surface area (Å²) in [4.78, 5) is 24.9. The Hall–Kier alpha value is -1.88. The normalized spacial score (nSPS) is 19.5. The zero-order valence-corrected chi connectivity index (χ0v) is 12.1. The summed E-state index contributed by atoms with van der Waals surface area (Å²) in [7, 11) is 0. The molecular formula is C16H22N2O3. The Morgan fingerprint density at radius 1 is 1.33 bits per heavy atom. The van der Waals surface area contributed by atoms with E-state index in [0.717, 1.165) is 24.8 Å². The molecule has 1 heterocycles. The highest BCUT2D eigenvalue weighted by atomic mass is 16.4. The Bertz CT molecular complexity index is 490. The molecule has 21 heavy (non-hydrogen) atoms. The Balaban J connectivity index is 1.88. The number of nitrogens with two attached hydrogens (primary N) is 1. The second-order valence-electron chi connectivity index (χ2n) is 5.56. The van der Waals surface area contributed by atoms with Gasteiger partial charge in [0.15, 0.2) is 0 Å². The van der Waals surface area contributed by atoms with Crippen LogP contribution in [0.25, 0.3) is 0 Å². The standard InChI is InChI=1S/C16H22N2O3/c17-14(9-8-12-5-2-1-3-6-12)16(21)18-10-4-7-13(18)11-15(19)20/h1-3,5-6,13-14H,4,7-11,17H2,(H,19,20). The van der Waals surface area contributed by atoms with Gasteiger partial charge in [0.2, 0.25) is 5.91 Å². The van der Waals surface area contributed by atoms with E-state index in [1.165, 1.54) is 0 Å². The Labute approximate surface area is 124 Å². The van der Waals surface area contributed by atoms with Crippen molar-refractivity contribution in [1.29, 1.82) is 0 Å². The molecule has 114 valence electrons. The van der Waals surface area contributed by atoms with E-state index >= 15 is 0 Å². The van der Waals surface area contributed by atoms with Crippen molar-refractivity contribution in [2.24, 2.45) is 5.73 Å². The van der Waals surface area contributed by atoms with Crippen molar-refractivity contribution < 1.29 is 14.7 Å². The van der Waals surface area contributed by atoms with Crippen molar-refractivity contribution in [3.05, 3.63) is 35.9 Å². The number of aryl methyl sites for hydroxylation is 1. The van der Waals surface area contributed by atoms with Gasteiger partial charge in [0.25, 0.3) is 0 Å². The lowest BCUT2D eigenvalue weighted by Crippen LogP contribution is -2.46. The average Bonchev–Trinajstić information content (AvgIpc) is 2.92. The lowest BCUT2D eigenvalue weighted by Gasteiger charge is -2.26. The van der Waals surface area contributed by atoms with Crippen molar-refractivity contribution in [3.8, 4) is 0 Å². The number of aliphatic carboxylic acids is 1. The number of carbonyl (C=O) groups excluding carboxylic acids is 1. The smallest absolute Gasteiger partial charge is 0.305 e. The van der Waals surface area contributed by atoms with Crippen LogP contribution in [0.2, 0.25) is 0 Å². The lowest BCUT2D eigenvalue weighted by atomic mass is 10.0. The molecule has 1 aliphatic heterocycles. The third kappa shape index (κ3) is 4.29. The number of carbonyl (C=O) groups is 2. The number of amides is 1. The Morgan fingerprint density at radius 3 is 2.71 bits per heavy atom. The molecule has 0 spiro atoms. The first-order chi connectivity index (χ1) is 10.1. The molecule has 0 bridgehead atoms. The summed E-state index contributed by atoms with van der Waals surface area (Å²) in [6, 6.07) is 9.16. The van der Waals surface area contributed by atoms with Crippen LogP contribution >= 0.6 is 0 Å². The number of nitrogens with zero attached hydrogens (tertiary/aromatic N) is 1. The summed E-state index contributed by atoms with van der Waals surface area (Å²) >= 11 is 0. The predicted molar refractivity (Wildman–Crippen MR) is 79.7 cm³/mol. The van der Waals surface area contributed by atoms with E-state index in [-0.39, 0.29) is 18.4 Å². The van der Waals surface area contributed by atoms with Crippen LogP contribution in [0.15, 0.2) is 30.3 Å². The van der Waals surface area contributed by atoms with E-state index in [1.54, 1.807) is 4.90 Å². The third-order valence-corrected chi connectivity index (χ3v) is 3.97. The van der Waals surface area contributed by atoms with E-state index in [0.29, 0.717) is 13.0 Å². The van der Waals surface area contributed by atoms with Crippen molar-refractivity contribution in [1.82, 2.24) is 4.90 Å². The average molecular weight is 290 g/mol. The number of carboxylic acids is 1. The summed E-state index contributed by atoms with van der Waals surface area (Å²) in [6.45, 7) is 0.621. The molecule has 2 unspecified atom stereocenters. The molecule has 1 amide bonds. The van der Waals surface area contributed by atoms with Crippen LogP contribution in [-0.2, 0) is 16.0 Å². The molecule has 1 aliphatic rings. The van der Waals surface area contributed by atoms with Gasteiger partial charge in [-0.3, -0.25) is 9.59 Å². The number of benzene rings is 1. The minimum absolute atomic E-state index is 0.0111. The SMILES string of the molecule is NC(CCc1ccccc1)C(=O)N1CCCC1CC(=O)O. The van der Waals surface area contributed by atoms with Gasteiger partial charge in [-0.1, -0.05) is 30.3 Å². The molecule has 1 aromatic carbocycles. The van der Waals surface area contributed by atoms with E-state index in [1.807, 2.05) is 30.3 Å². The van der Waals surface area contributed by atoms with Crippen LogP contribution in [0.3, 0.4) is 0 Å². The van der Waals surface area contributed by atoms with Crippen LogP contribution in [0, 0.1) is 0 Å². The Morgan fingerprint density at radius 2 is 2.05 bits per heavy atom. The fraction of sp³-hybridized carbons (Fsp3) is 0.500. The topological polar surface area (TPSA) is 83.6 Å². The van der Waals surface area contributed by atoms with Crippen LogP contribution < -0.4 is 5.73 Å². The Kier molecular flexibility index (Phi) is 5.33. The van der Waals surface area contributed by atoms with Gasteiger partial charge >= 0.3 is 5.97 Å². The monoisotopic (exact) mass is 290 g/mol. The van der Waals surface area contributed by atoms with Crippen LogP contribution in [0.4, 0.5) is 0 Å². The highest BCUT2D eigenvalue weighted by Gasteiger charge is 2.32. The number of hydrogen-bond donors (Lipinski definition) is 2. The minimum atomic E-state index is -0.863. The van der Waals surface area contributed by atoms with Gasteiger partial charge < -0.3 is 15.7 Å². The largest absolute Gasteiger partial charge is 0.481 e. The molecule has 5 nitrogen and oxygen atoms in total. The van der Waals surface area contributed by atoms with Crippen molar-refractivity contribution in [3.63, 3.8) is 0 Å². The predicted octanol–water partition coefficient (Wildman–Crippen LogP) is 1.41. The first-order valence-electron chi connectivity index (χ1n) is 7.39. The van der Waals surface area contributed by atoms with Crippen LogP contribution in [0.5, 0.6) is 0 Å². The van der Waals surface area contributed by atoms with E-state index in [4.69, 9.17) is 10.8 Å². The van der Waals surface area contributed by atoms with Gasteiger partial charge in [0.05, 0.1) is 12.5 Å². The molecular weight excluding hydrogens is 268 g/mol. The number of hydrogen-bond acceptors (Lipinski definition) is 3. The second kappa shape index (κ2) is 7.22. The van der Waals surface area contributed by atoms with Crippen molar-refractivity contribution in [2.45, 2.75) is 44.2 Å². The number of likely N-dealkylation sites (tertiary alicyclic amines) is 1. The quantitative estimate of drug-likeness (QED) is 0.829. The van der Waals surface area contributed by atoms with Crippen molar-refractivity contribution >= 4 is 11.9 Å². The van der Waals surface area contributed by atoms with Crippen molar-refractivity contribution in [2.75, 3.05) is 6.54 Å². The molecule has 5 heteroatoms. The van der Waals surface area contributed by atoms with Gasteiger partial charge in [-0.2, -0.15) is 0 Å². The van der Waals surface area contributed by atoms with Crippen LogP contribution in [-0.4, -0.2) is 40.5 Å². The first kappa shape index (κ1) is 15.5. The molecule has 0 aliphatic carbocycles. The van der Waals surface area contributed by atoms with Gasteiger partial charge in [-0.15, -0.1) is 0 Å². The fourth-order valence-corrected chi connectivity index (χ4v) is 2.84. The summed E-state index contributed by atoms with van der Waals surface area (Å²) in [6.07, 6.45) is 2.96. The van der Waals surface area contributed by atoms with Gasteiger partial charge in [0, 0.05) is 12.6 Å². The molecule has 0 saturated carbocycles. The maximum absolute atomic E-state index is 12.4. The minimum Gasteiger partial charge on any atom is -0.481 e. The molecule has 0 aromatic heterocycles. The van der Waals surface area contributed by atoms with E-state index in [2.05, 4.69) is 0 Å². The molecule has 0 radical (unpaired) electrons. The van der Waals surface area contributed by atoms with Gasteiger partial charge in [-0.05, 0) is 31.2 Å². The van der Waals surface area contributed by atoms with Gasteiger partial charge in [0.1, 0.15) is 0 Å².